The van der Waals surface area contributed by atoms with Crippen LogP contribution in [0.15, 0.2) is 24.3 Å². The van der Waals surface area contributed by atoms with Gasteiger partial charge in [0.15, 0.2) is 0 Å². The summed E-state index contributed by atoms with van der Waals surface area (Å²) < 4.78 is 5.68. The number of halogens is 1. The molecule has 0 aromatic heterocycles. The van der Waals surface area contributed by atoms with Gasteiger partial charge < -0.3 is 9.64 Å². The summed E-state index contributed by atoms with van der Waals surface area (Å²) in [7, 11) is 4.06. The normalized spacial score (nSPS) is 12.9. The van der Waals surface area contributed by atoms with Crippen molar-refractivity contribution >= 4 is 11.6 Å². The summed E-state index contributed by atoms with van der Waals surface area (Å²) in [6.45, 7) is 2.96. The quantitative estimate of drug-likeness (QED) is 0.763. The van der Waals surface area contributed by atoms with Crippen LogP contribution in [-0.4, -0.2) is 31.6 Å². The second kappa shape index (κ2) is 5.23. The minimum atomic E-state index is 0.186. The molecule has 0 saturated heterocycles. The molecule has 0 amide bonds. The number of hydrogen-bond acceptors (Lipinski definition) is 2. The van der Waals surface area contributed by atoms with Crippen molar-refractivity contribution in [3.63, 3.8) is 0 Å². The number of likely N-dealkylation sites (N-methyl/N-ethyl adjacent to an activating group) is 1. The van der Waals surface area contributed by atoms with Crippen LogP contribution in [0.5, 0.6) is 5.75 Å². The van der Waals surface area contributed by atoms with Crippen molar-refractivity contribution in [3.05, 3.63) is 29.3 Å². The molecular formula is C11H16ClNO. The smallest absolute Gasteiger partial charge is 0.119 e. The topological polar surface area (TPSA) is 12.5 Å². The molecule has 0 heterocycles. The maximum atomic E-state index is 5.77. The predicted molar refractivity (Wildman–Crippen MR) is 60.1 cm³/mol. The third-order valence-corrected chi connectivity index (χ3v) is 2.03. The Morgan fingerprint density at radius 1 is 1.29 bits per heavy atom. The zero-order chi connectivity index (χ0) is 10.6. The summed E-state index contributed by atoms with van der Waals surface area (Å²) in [5, 5.41) is 0.734. The summed E-state index contributed by atoms with van der Waals surface area (Å²) in [6, 6.07) is 7.43. The number of hydrogen-bond donors (Lipinski definition) is 0. The van der Waals surface area contributed by atoms with Crippen LogP contribution in [-0.2, 0) is 0 Å². The van der Waals surface area contributed by atoms with Crippen LogP contribution in [0.1, 0.15) is 6.92 Å². The van der Waals surface area contributed by atoms with Crippen molar-refractivity contribution in [1.29, 1.82) is 0 Å². The van der Waals surface area contributed by atoms with Crippen LogP contribution in [0.2, 0.25) is 5.02 Å². The minimum absolute atomic E-state index is 0.186. The van der Waals surface area contributed by atoms with Gasteiger partial charge in [0.05, 0.1) is 0 Å². The number of nitrogens with zero attached hydrogens (tertiary/aromatic N) is 1. The van der Waals surface area contributed by atoms with E-state index < -0.39 is 0 Å². The van der Waals surface area contributed by atoms with E-state index in [9.17, 15) is 0 Å². The molecule has 14 heavy (non-hydrogen) atoms. The van der Waals surface area contributed by atoms with Crippen molar-refractivity contribution < 1.29 is 4.74 Å². The zero-order valence-corrected chi connectivity index (χ0v) is 9.58. The molecule has 78 valence electrons. The Bertz CT molecular complexity index is 271. The largest absolute Gasteiger partial charge is 0.489 e. The fraction of sp³-hybridized carbons (Fsp3) is 0.455. The molecule has 0 fully saturated rings. The van der Waals surface area contributed by atoms with Gasteiger partial charge in [0, 0.05) is 11.6 Å². The van der Waals surface area contributed by atoms with E-state index in [0.29, 0.717) is 0 Å². The third-order valence-electron chi connectivity index (χ3n) is 1.77. The van der Waals surface area contributed by atoms with E-state index in [1.165, 1.54) is 0 Å². The van der Waals surface area contributed by atoms with Crippen LogP contribution in [0, 0.1) is 0 Å². The number of ether oxygens (including phenoxy) is 1. The second-order valence-electron chi connectivity index (χ2n) is 3.64. The van der Waals surface area contributed by atoms with Crippen LogP contribution in [0.4, 0.5) is 0 Å². The molecule has 3 heteroatoms. The summed E-state index contributed by atoms with van der Waals surface area (Å²) in [5.74, 6) is 0.865. The van der Waals surface area contributed by atoms with Gasteiger partial charge in [0.1, 0.15) is 11.9 Å². The molecule has 0 bridgehead atoms. The van der Waals surface area contributed by atoms with E-state index in [4.69, 9.17) is 16.3 Å². The fourth-order valence-electron chi connectivity index (χ4n) is 1.30. The molecule has 1 atom stereocenters. The van der Waals surface area contributed by atoms with Crippen LogP contribution < -0.4 is 4.74 Å². The highest BCUT2D eigenvalue weighted by Gasteiger charge is 2.04. The Kier molecular flexibility index (Phi) is 4.23. The van der Waals surface area contributed by atoms with Crippen molar-refractivity contribution in [2.75, 3.05) is 20.6 Å². The van der Waals surface area contributed by atoms with Gasteiger partial charge in [-0.25, -0.2) is 0 Å². The Hall–Kier alpha value is -0.730. The second-order valence-corrected chi connectivity index (χ2v) is 4.08. The number of rotatable bonds is 4. The Morgan fingerprint density at radius 3 is 2.36 bits per heavy atom. The van der Waals surface area contributed by atoms with Crippen LogP contribution in [0.3, 0.4) is 0 Å². The first-order valence-corrected chi connectivity index (χ1v) is 5.02. The molecule has 0 saturated carbocycles. The van der Waals surface area contributed by atoms with Gasteiger partial charge in [-0.2, -0.15) is 0 Å². The molecule has 0 radical (unpaired) electrons. The first-order valence-electron chi connectivity index (χ1n) is 4.65. The first-order chi connectivity index (χ1) is 6.58. The Labute approximate surface area is 90.4 Å². The van der Waals surface area contributed by atoms with E-state index in [1.807, 2.05) is 38.4 Å². The molecule has 1 unspecified atom stereocenters. The standard InChI is InChI=1S/C11H16ClNO/c1-9(8-13(2)3)14-11-6-4-10(12)5-7-11/h4-7,9H,8H2,1-3H3. The van der Waals surface area contributed by atoms with E-state index in [1.54, 1.807) is 0 Å². The average molecular weight is 214 g/mol. The summed E-state index contributed by atoms with van der Waals surface area (Å²) in [5.41, 5.74) is 0. The van der Waals surface area contributed by atoms with Crippen molar-refractivity contribution in [3.8, 4) is 5.75 Å². The maximum Gasteiger partial charge on any atom is 0.119 e. The lowest BCUT2D eigenvalue weighted by Gasteiger charge is -2.18. The van der Waals surface area contributed by atoms with Crippen LogP contribution in [0.25, 0.3) is 0 Å². The van der Waals surface area contributed by atoms with Crippen LogP contribution >= 0.6 is 11.6 Å². The van der Waals surface area contributed by atoms with E-state index in [-0.39, 0.29) is 6.10 Å². The highest BCUT2D eigenvalue weighted by molar-refractivity contribution is 6.30. The summed E-state index contributed by atoms with van der Waals surface area (Å²) >= 11 is 5.77. The van der Waals surface area contributed by atoms with E-state index >= 15 is 0 Å². The lowest BCUT2D eigenvalue weighted by Crippen LogP contribution is -2.27. The Balaban J connectivity index is 2.47. The zero-order valence-electron chi connectivity index (χ0n) is 8.83. The lowest BCUT2D eigenvalue weighted by molar-refractivity contribution is 0.177. The molecule has 0 aliphatic heterocycles. The van der Waals surface area contributed by atoms with Crippen molar-refractivity contribution in [1.82, 2.24) is 4.90 Å². The van der Waals surface area contributed by atoms with Crippen molar-refractivity contribution in [2.24, 2.45) is 0 Å². The van der Waals surface area contributed by atoms with E-state index in [0.717, 1.165) is 17.3 Å². The predicted octanol–water partition coefficient (Wildman–Crippen LogP) is 2.67. The van der Waals surface area contributed by atoms with Gasteiger partial charge >= 0.3 is 0 Å². The van der Waals surface area contributed by atoms with Gasteiger partial charge in [-0.1, -0.05) is 11.6 Å². The molecule has 1 aromatic carbocycles. The lowest BCUT2D eigenvalue weighted by atomic mass is 10.3. The average Bonchev–Trinajstić information content (AvgIpc) is 2.07. The van der Waals surface area contributed by atoms with Crippen molar-refractivity contribution in [2.45, 2.75) is 13.0 Å². The maximum absolute atomic E-state index is 5.77. The van der Waals surface area contributed by atoms with Gasteiger partial charge in [-0.3, -0.25) is 0 Å². The molecule has 0 N–H and O–H groups in total. The van der Waals surface area contributed by atoms with Gasteiger partial charge in [-0.05, 0) is 45.3 Å². The SMILES string of the molecule is CC(CN(C)C)Oc1ccc(Cl)cc1. The highest BCUT2D eigenvalue weighted by Crippen LogP contribution is 2.16. The fourth-order valence-corrected chi connectivity index (χ4v) is 1.42. The highest BCUT2D eigenvalue weighted by atomic mass is 35.5. The molecular weight excluding hydrogens is 198 g/mol. The number of benzene rings is 1. The van der Waals surface area contributed by atoms with E-state index in [2.05, 4.69) is 11.8 Å². The first kappa shape index (κ1) is 11.3. The summed E-state index contributed by atoms with van der Waals surface area (Å²) in [6.07, 6.45) is 0.186. The van der Waals surface area contributed by atoms with Gasteiger partial charge in [-0.15, -0.1) is 0 Å². The van der Waals surface area contributed by atoms with Gasteiger partial charge in [0.25, 0.3) is 0 Å². The summed E-state index contributed by atoms with van der Waals surface area (Å²) in [4.78, 5) is 2.10. The Morgan fingerprint density at radius 2 is 1.86 bits per heavy atom. The van der Waals surface area contributed by atoms with Gasteiger partial charge in [0.2, 0.25) is 0 Å². The molecule has 2 nitrogen and oxygen atoms in total. The molecule has 1 rings (SSSR count). The molecule has 0 aliphatic carbocycles. The molecule has 1 aromatic rings. The third kappa shape index (κ3) is 3.99. The molecule has 0 spiro atoms. The molecule has 0 aliphatic rings. The minimum Gasteiger partial charge on any atom is -0.489 e. The monoisotopic (exact) mass is 213 g/mol.